The van der Waals surface area contributed by atoms with Crippen molar-refractivity contribution < 1.29 is 2.79 Å². The first-order valence-corrected chi connectivity index (χ1v) is 5.99. The van der Waals surface area contributed by atoms with Crippen LogP contribution < -0.4 is 0 Å². The predicted molar refractivity (Wildman–Crippen MR) is 74.5 cm³/mol. The summed E-state index contributed by atoms with van der Waals surface area (Å²) in [6.45, 7) is 0. The fraction of sp³-hybridized carbons (Fsp3) is 0.111. The van der Waals surface area contributed by atoms with Crippen LogP contribution in [-0.2, 0) is 0 Å². The lowest BCUT2D eigenvalue weighted by molar-refractivity contribution is -0.198. The van der Waals surface area contributed by atoms with Crippen molar-refractivity contribution in [2.75, 3.05) is 0 Å². The van der Waals surface area contributed by atoms with Crippen LogP contribution >= 0.6 is 45.5 Å². The van der Waals surface area contributed by atoms with Gasteiger partial charge >= 0.3 is 22.9 Å². The van der Waals surface area contributed by atoms with Crippen LogP contribution in [0, 0.1) is 5.92 Å². The molecule has 0 saturated carbocycles. The van der Waals surface area contributed by atoms with Crippen molar-refractivity contribution in [2.24, 2.45) is 15.9 Å². The SMILES string of the molecule is IC1=CN=CC1C1=[N+](I)C=C=NC=C1. The minimum atomic E-state index is 0.259. The lowest BCUT2D eigenvalue weighted by atomic mass is 10.1. The van der Waals surface area contributed by atoms with Crippen LogP contribution in [0.3, 0.4) is 0 Å². The van der Waals surface area contributed by atoms with Crippen LogP contribution in [0.4, 0.5) is 0 Å². The van der Waals surface area contributed by atoms with Gasteiger partial charge in [-0.25, -0.2) is 4.99 Å². The molecule has 1 atom stereocenters. The lowest BCUT2D eigenvalue weighted by Gasteiger charge is -2.02. The maximum atomic E-state index is 4.14. The molecule has 0 saturated heterocycles. The molecule has 14 heavy (non-hydrogen) atoms. The molecule has 0 bridgehead atoms. The van der Waals surface area contributed by atoms with E-state index >= 15 is 0 Å². The highest BCUT2D eigenvalue weighted by atomic mass is 127. The summed E-state index contributed by atoms with van der Waals surface area (Å²) in [6, 6.07) is 0. The van der Waals surface area contributed by atoms with E-state index in [0.29, 0.717) is 0 Å². The molecule has 0 radical (unpaired) electrons. The average Bonchev–Trinajstić information content (AvgIpc) is 2.46. The minimum Gasteiger partial charge on any atom is -0.267 e. The van der Waals surface area contributed by atoms with E-state index in [0.717, 1.165) is 5.71 Å². The Morgan fingerprint density at radius 1 is 1.50 bits per heavy atom. The summed E-state index contributed by atoms with van der Waals surface area (Å²) < 4.78 is 3.21. The Bertz CT molecular complexity index is 437. The molecule has 0 amide bonds. The normalized spacial score (nSPS) is 24.4. The summed E-state index contributed by atoms with van der Waals surface area (Å²) in [4.78, 5) is 8.09. The van der Waals surface area contributed by atoms with Gasteiger partial charge in [-0.1, -0.05) is 0 Å². The molecule has 0 aromatic heterocycles. The molecule has 2 heterocycles. The molecule has 0 aromatic rings. The first kappa shape index (κ1) is 10.3. The Morgan fingerprint density at radius 2 is 2.36 bits per heavy atom. The zero-order chi connectivity index (χ0) is 9.97. The summed E-state index contributed by atoms with van der Waals surface area (Å²) in [6.07, 6.45) is 9.36. The fourth-order valence-corrected chi connectivity index (χ4v) is 2.42. The second-order valence-corrected chi connectivity index (χ2v) is 5.01. The Kier molecular flexibility index (Phi) is 3.30. The predicted octanol–water partition coefficient (Wildman–Crippen LogP) is 2.48. The second-order valence-electron chi connectivity index (χ2n) is 2.73. The van der Waals surface area contributed by atoms with Gasteiger partial charge in [-0.15, -0.1) is 2.79 Å². The molecule has 0 fully saturated rings. The molecular weight excluding hydrogens is 404 g/mol. The van der Waals surface area contributed by atoms with E-state index in [2.05, 4.69) is 61.3 Å². The molecule has 0 spiro atoms. The Morgan fingerprint density at radius 3 is 3.07 bits per heavy atom. The van der Waals surface area contributed by atoms with Crippen LogP contribution in [0.1, 0.15) is 0 Å². The van der Waals surface area contributed by atoms with Gasteiger partial charge in [-0.2, -0.15) is 0 Å². The van der Waals surface area contributed by atoms with E-state index < -0.39 is 0 Å². The molecule has 2 rings (SSSR count). The number of aliphatic imine (C=N–C) groups is 2. The highest BCUT2D eigenvalue weighted by Gasteiger charge is 2.26. The van der Waals surface area contributed by atoms with Gasteiger partial charge in [-0.05, 0) is 22.6 Å². The third kappa shape index (κ3) is 2.04. The summed E-state index contributed by atoms with van der Waals surface area (Å²) >= 11 is 4.52. The van der Waals surface area contributed by atoms with Gasteiger partial charge in [0.1, 0.15) is 5.92 Å². The van der Waals surface area contributed by atoms with Crippen molar-refractivity contribution in [3.8, 4) is 0 Å². The number of halogens is 2. The molecule has 0 aliphatic carbocycles. The summed E-state index contributed by atoms with van der Waals surface area (Å²) in [5, 5.41) is 0. The topological polar surface area (TPSA) is 27.7 Å². The number of allylic oxidation sites excluding steroid dienone is 2. The van der Waals surface area contributed by atoms with Crippen LogP contribution in [0.15, 0.2) is 38.2 Å². The Labute approximate surface area is 109 Å². The van der Waals surface area contributed by atoms with Gasteiger partial charge in [0.2, 0.25) is 11.9 Å². The maximum absolute atomic E-state index is 4.14. The average molecular weight is 410 g/mol. The van der Waals surface area contributed by atoms with E-state index in [1.165, 1.54) is 3.58 Å². The molecule has 2 aliphatic rings. The number of hydrogen-bond donors (Lipinski definition) is 0. The molecule has 2 aliphatic heterocycles. The fourth-order valence-electron chi connectivity index (χ4n) is 1.19. The van der Waals surface area contributed by atoms with Crippen molar-refractivity contribution >= 4 is 63.3 Å². The van der Waals surface area contributed by atoms with Crippen molar-refractivity contribution in [3.05, 3.63) is 28.3 Å². The van der Waals surface area contributed by atoms with Gasteiger partial charge in [0.25, 0.3) is 0 Å². The van der Waals surface area contributed by atoms with Crippen LogP contribution in [0.25, 0.3) is 0 Å². The van der Waals surface area contributed by atoms with Gasteiger partial charge in [0.05, 0.1) is 5.87 Å². The minimum absolute atomic E-state index is 0.259. The van der Waals surface area contributed by atoms with Crippen LogP contribution in [-0.4, -0.2) is 20.6 Å². The standard InChI is InChI=1S/C9H6I2N3/c10-8-6-13-5-7(8)9-1-2-12-3-4-14(9)11/h1-2,4-7H/q+1. The maximum Gasteiger partial charge on any atom is 0.354 e. The van der Waals surface area contributed by atoms with Gasteiger partial charge in [0.15, 0.2) is 0 Å². The molecule has 1 unspecified atom stereocenters. The van der Waals surface area contributed by atoms with E-state index in [1.807, 2.05) is 27.5 Å². The molecule has 5 heteroatoms. The van der Waals surface area contributed by atoms with Gasteiger partial charge in [0, 0.05) is 28.3 Å². The van der Waals surface area contributed by atoms with Crippen LogP contribution in [0.5, 0.6) is 0 Å². The number of nitrogens with zero attached hydrogens (tertiary/aromatic N) is 3. The third-order valence-corrected chi connectivity index (χ3v) is 3.65. The monoisotopic (exact) mass is 410 g/mol. The largest absolute Gasteiger partial charge is 0.354 e. The van der Waals surface area contributed by atoms with Crippen molar-refractivity contribution in [1.29, 1.82) is 0 Å². The molecular formula is C9H6I2N3+. The third-order valence-electron chi connectivity index (χ3n) is 1.86. The van der Waals surface area contributed by atoms with Gasteiger partial charge in [-0.3, -0.25) is 4.99 Å². The van der Waals surface area contributed by atoms with E-state index in [-0.39, 0.29) is 5.92 Å². The highest BCUT2D eigenvalue weighted by molar-refractivity contribution is 14.1. The molecule has 0 aromatic carbocycles. The van der Waals surface area contributed by atoms with E-state index in [9.17, 15) is 0 Å². The summed E-state index contributed by atoms with van der Waals surface area (Å²) in [7, 11) is 0. The van der Waals surface area contributed by atoms with E-state index in [4.69, 9.17) is 0 Å². The summed E-state index contributed by atoms with van der Waals surface area (Å²) in [5.74, 6) is 3.07. The number of rotatable bonds is 1. The van der Waals surface area contributed by atoms with Crippen molar-refractivity contribution in [2.45, 2.75) is 0 Å². The Balaban J connectivity index is 2.40. The zero-order valence-electron chi connectivity index (χ0n) is 7.06. The quantitative estimate of drug-likeness (QED) is 0.470. The Hall–Kier alpha value is -0.270. The first-order valence-electron chi connectivity index (χ1n) is 3.95. The second kappa shape index (κ2) is 4.50. The van der Waals surface area contributed by atoms with Crippen LogP contribution in [0.2, 0.25) is 0 Å². The molecule has 70 valence electrons. The van der Waals surface area contributed by atoms with E-state index in [1.54, 1.807) is 6.20 Å². The highest BCUT2D eigenvalue weighted by Crippen LogP contribution is 2.24. The molecule has 3 nitrogen and oxygen atoms in total. The zero-order valence-corrected chi connectivity index (χ0v) is 11.4. The van der Waals surface area contributed by atoms with Crippen molar-refractivity contribution in [1.82, 2.24) is 0 Å². The molecule has 0 N–H and O–H groups in total. The number of hydrogen-bond acceptors (Lipinski definition) is 2. The van der Waals surface area contributed by atoms with Gasteiger partial charge < -0.3 is 0 Å². The van der Waals surface area contributed by atoms with Crippen molar-refractivity contribution in [3.63, 3.8) is 0 Å². The summed E-state index contributed by atoms with van der Waals surface area (Å²) in [5.41, 5.74) is 1.15. The smallest absolute Gasteiger partial charge is 0.267 e. The first-order chi connectivity index (χ1) is 6.79. The lowest BCUT2D eigenvalue weighted by Crippen LogP contribution is -2.18.